The van der Waals surface area contributed by atoms with Gasteiger partial charge in [-0.1, -0.05) is 84.9 Å². The van der Waals surface area contributed by atoms with Gasteiger partial charge < -0.3 is 10.6 Å². The molecule has 4 aromatic rings. The van der Waals surface area contributed by atoms with Gasteiger partial charge in [0.1, 0.15) is 0 Å². The number of thiocarbonyl (C=S) groups is 2. The van der Waals surface area contributed by atoms with Gasteiger partial charge in [0.15, 0.2) is 10.2 Å². The number of rotatable bonds is 4. The Morgan fingerprint density at radius 2 is 0.921 bits per heavy atom. The average molecular weight is 545 g/mol. The summed E-state index contributed by atoms with van der Waals surface area (Å²) in [5, 5.41) is 9.05. The van der Waals surface area contributed by atoms with Crippen molar-refractivity contribution in [2.75, 3.05) is 0 Å². The fraction of sp³-hybridized carbons (Fsp3) is 0.0741. The highest BCUT2D eigenvalue weighted by atomic mass is 32.1. The molecule has 192 valence electrons. The van der Waals surface area contributed by atoms with Crippen molar-refractivity contribution >= 4 is 74.1 Å². The van der Waals surface area contributed by atoms with E-state index in [1.165, 1.54) is 0 Å². The molecular weight excluding hydrogens is 520 g/mol. The zero-order valence-corrected chi connectivity index (χ0v) is 21.7. The fourth-order valence-electron chi connectivity index (χ4n) is 3.73. The van der Waals surface area contributed by atoms with E-state index in [4.69, 9.17) is 24.4 Å². The molecule has 0 heterocycles. The first-order chi connectivity index (χ1) is 18.4. The molecule has 4 amide bonds. The Morgan fingerprint density at radius 1 is 0.526 bits per heavy atom. The van der Waals surface area contributed by atoms with Crippen molar-refractivity contribution in [1.29, 1.82) is 0 Å². The Balaban J connectivity index is 1.13. The van der Waals surface area contributed by atoms with Crippen LogP contribution in [0.5, 0.6) is 0 Å². The van der Waals surface area contributed by atoms with Gasteiger partial charge in [0.25, 0.3) is 0 Å². The van der Waals surface area contributed by atoms with E-state index >= 15 is 0 Å². The van der Waals surface area contributed by atoms with Crippen LogP contribution in [0.25, 0.3) is 21.5 Å². The molecule has 0 saturated carbocycles. The second-order valence-corrected chi connectivity index (χ2v) is 9.12. The van der Waals surface area contributed by atoms with Crippen LogP contribution in [-0.4, -0.2) is 28.1 Å². The molecule has 38 heavy (non-hydrogen) atoms. The Bertz CT molecular complexity index is 1430. The lowest BCUT2D eigenvalue weighted by molar-refractivity contribution is -0.119. The summed E-state index contributed by atoms with van der Waals surface area (Å²) in [6.07, 6.45) is 0.237. The molecular formula is C27H24N6O3S2. The standard InChI is InChI=1S/C27H24N6O3S2/c34-23(15-17-9-11-19-5-1-3-7-21(19)13-17)28-26(37)32-30-25(36)31-33-27(38)29-24(35)16-18-10-12-20-6-2-4-8-22(20)14-18/h1-14H,15-16H2,(H2,30,31,36)(H2,28,32,34,37)(H2,29,33,35,38). The molecule has 4 rings (SSSR count). The van der Waals surface area contributed by atoms with Crippen molar-refractivity contribution in [1.82, 2.24) is 32.3 Å². The van der Waals surface area contributed by atoms with E-state index in [0.717, 1.165) is 32.7 Å². The largest absolute Gasteiger partial charge is 0.352 e. The van der Waals surface area contributed by atoms with Crippen molar-refractivity contribution in [3.63, 3.8) is 0 Å². The Kier molecular flexibility index (Phi) is 8.75. The number of amides is 4. The van der Waals surface area contributed by atoms with Gasteiger partial charge in [0.05, 0.1) is 12.8 Å². The number of hydrogen-bond acceptors (Lipinski definition) is 5. The Hall–Kier alpha value is -4.61. The number of fused-ring (bicyclic) bond motifs is 2. The van der Waals surface area contributed by atoms with Crippen LogP contribution >= 0.6 is 24.4 Å². The summed E-state index contributed by atoms with van der Waals surface area (Å²) in [5.74, 6) is -0.679. The van der Waals surface area contributed by atoms with E-state index in [1.54, 1.807) is 0 Å². The minimum atomic E-state index is -0.748. The first-order valence-electron chi connectivity index (χ1n) is 11.6. The lowest BCUT2D eigenvalue weighted by Gasteiger charge is -2.13. The maximum absolute atomic E-state index is 12.3. The van der Waals surface area contributed by atoms with Gasteiger partial charge in [0, 0.05) is 0 Å². The van der Waals surface area contributed by atoms with Crippen LogP contribution in [0.1, 0.15) is 11.1 Å². The summed E-state index contributed by atoms with van der Waals surface area (Å²) in [7, 11) is 0. The second-order valence-electron chi connectivity index (χ2n) is 8.30. The molecule has 0 unspecified atom stereocenters. The van der Waals surface area contributed by atoms with Gasteiger partial charge in [-0.05, 0) is 57.1 Å². The molecule has 0 spiro atoms. The number of hydrazine groups is 2. The molecule has 6 N–H and O–H groups in total. The summed E-state index contributed by atoms with van der Waals surface area (Å²) in [4.78, 5) is 36.5. The zero-order valence-electron chi connectivity index (χ0n) is 20.0. The van der Waals surface area contributed by atoms with Gasteiger partial charge in [-0.3, -0.25) is 20.4 Å². The first kappa shape index (κ1) is 26.5. The number of carbonyl (C=O) groups is 3. The molecule has 0 atom stereocenters. The maximum atomic E-state index is 12.3. The van der Waals surface area contributed by atoms with Crippen LogP contribution in [0.4, 0.5) is 4.79 Å². The van der Waals surface area contributed by atoms with Crippen LogP contribution in [-0.2, 0) is 22.4 Å². The van der Waals surface area contributed by atoms with E-state index in [1.807, 2.05) is 84.9 Å². The van der Waals surface area contributed by atoms with E-state index in [-0.39, 0.29) is 34.9 Å². The summed E-state index contributed by atoms with van der Waals surface area (Å²) >= 11 is 10.1. The third-order valence-electron chi connectivity index (χ3n) is 5.44. The Morgan fingerprint density at radius 3 is 1.34 bits per heavy atom. The average Bonchev–Trinajstić information content (AvgIpc) is 2.90. The molecule has 0 aromatic heterocycles. The number of urea groups is 1. The highest BCUT2D eigenvalue weighted by molar-refractivity contribution is 7.80. The van der Waals surface area contributed by atoms with Crippen LogP contribution < -0.4 is 32.3 Å². The molecule has 9 nitrogen and oxygen atoms in total. The molecule has 0 aliphatic rings. The molecule has 0 aliphatic heterocycles. The van der Waals surface area contributed by atoms with Crippen LogP contribution in [0.3, 0.4) is 0 Å². The van der Waals surface area contributed by atoms with E-state index in [0.29, 0.717) is 0 Å². The topological polar surface area (TPSA) is 123 Å². The smallest absolute Gasteiger partial charge is 0.302 e. The lowest BCUT2D eigenvalue weighted by atomic mass is 10.1. The quantitative estimate of drug-likeness (QED) is 0.173. The van der Waals surface area contributed by atoms with Gasteiger partial charge >= 0.3 is 6.03 Å². The third-order valence-corrected chi connectivity index (χ3v) is 5.85. The monoisotopic (exact) mass is 544 g/mol. The zero-order chi connectivity index (χ0) is 26.9. The Labute approximate surface area is 229 Å². The third kappa shape index (κ3) is 7.69. The minimum Gasteiger partial charge on any atom is -0.302 e. The van der Waals surface area contributed by atoms with Crippen molar-refractivity contribution < 1.29 is 14.4 Å². The lowest BCUT2D eigenvalue weighted by Crippen LogP contribution is -2.56. The van der Waals surface area contributed by atoms with Crippen LogP contribution in [0.2, 0.25) is 0 Å². The molecule has 0 saturated heterocycles. The van der Waals surface area contributed by atoms with Gasteiger partial charge in [-0.2, -0.15) is 0 Å². The number of nitrogens with one attached hydrogen (secondary N) is 6. The van der Waals surface area contributed by atoms with Crippen molar-refractivity contribution in [3.8, 4) is 0 Å². The molecule has 11 heteroatoms. The predicted octanol–water partition coefficient (Wildman–Crippen LogP) is 2.89. The number of carbonyl (C=O) groups excluding carboxylic acids is 3. The molecule has 0 bridgehead atoms. The normalized spacial score (nSPS) is 10.3. The summed E-state index contributed by atoms with van der Waals surface area (Å²) < 4.78 is 0. The van der Waals surface area contributed by atoms with E-state index in [2.05, 4.69) is 32.3 Å². The predicted molar refractivity (Wildman–Crippen MR) is 155 cm³/mol. The van der Waals surface area contributed by atoms with Gasteiger partial charge in [-0.15, -0.1) is 0 Å². The fourth-order valence-corrected chi connectivity index (χ4v) is 4.06. The van der Waals surface area contributed by atoms with Gasteiger partial charge in [-0.25, -0.2) is 15.6 Å². The molecule has 0 radical (unpaired) electrons. The maximum Gasteiger partial charge on any atom is 0.352 e. The molecule has 0 aliphatic carbocycles. The van der Waals surface area contributed by atoms with Crippen molar-refractivity contribution in [2.45, 2.75) is 12.8 Å². The van der Waals surface area contributed by atoms with E-state index in [9.17, 15) is 14.4 Å². The van der Waals surface area contributed by atoms with Gasteiger partial charge in [0.2, 0.25) is 11.8 Å². The van der Waals surface area contributed by atoms with Crippen LogP contribution in [0, 0.1) is 0 Å². The highest BCUT2D eigenvalue weighted by Crippen LogP contribution is 2.17. The molecule has 0 fully saturated rings. The first-order valence-corrected chi connectivity index (χ1v) is 12.4. The van der Waals surface area contributed by atoms with Crippen molar-refractivity contribution in [3.05, 3.63) is 96.1 Å². The number of hydrogen-bond donors (Lipinski definition) is 6. The summed E-state index contributed by atoms with van der Waals surface area (Å²) in [5.41, 5.74) is 11.0. The minimum absolute atomic E-state index is 0.0859. The SMILES string of the molecule is O=C(Cc1ccc2ccccc2c1)NC(=S)NNC(=O)NNC(=S)NC(=O)Cc1ccc2ccccc2c1. The molecule has 4 aromatic carbocycles. The van der Waals surface area contributed by atoms with E-state index < -0.39 is 6.03 Å². The number of benzene rings is 4. The highest BCUT2D eigenvalue weighted by Gasteiger charge is 2.10. The van der Waals surface area contributed by atoms with Crippen molar-refractivity contribution in [2.24, 2.45) is 0 Å². The second kappa shape index (κ2) is 12.6. The summed E-state index contributed by atoms with van der Waals surface area (Å²) in [6, 6.07) is 26.5. The summed E-state index contributed by atoms with van der Waals surface area (Å²) in [6.45, 7) is 0. The van der Waals surface area contributed by atoms with Crippen LogP contribution in [0.15, 0.2) is 84.9 Å².